The van der Waals surface area contributed by atoms with Crippen LogP contribution in [0.5, 0.6) is 11.5 Å². The third-order valence-corrected chi connectivity index (χ3v) is 3.38. The van der Waals surface area contributed by atoms with E-state index in [0.717, 1.165) is 0 Å². The molecule has 0 N–H and O–H groups in total. The molecule has 0 atom stereocenters. The van der Waals surface area contributed by atoms with Gasteiger partial charge in [-0.1, -0.05) is 23.7 Å². The van der Waals surface area contributed by atoms with Crippen molar-refractivity contribution < 1.29 is 18.7 Å². The van der Waals surface area contributed by atoms with Crippen LogP contribution in [0, 0.1) is 5.82 Å². The molecule has 0 aliphatic rings. The highest BCUT2D eigenvalue weighted by Crippen LogP contribution is 2.28. The Bertz CT molecular complexity index is 671. The van der Waals surface area contributed by atoms with Gasteiger partial charge in [0, 0.05) is 12.0 Å². The maximum Gasteiger partial charge on any atom is 0.167 e. The van der Waals surface area contributed by atoms with E-state index in [1.54, 1.807) is 30.3 Å². The summed E-state index contributed by atoms with van der Waals surface area (Å²) in [5, 5.41) is 0.00705. The van der Waals surface area contributed by atoms with Gasteiger partial charge < -0.3 is 9.47 Å². The number of methoxy groups -OCH3 is 2. The quantitative estimate of drug-likeness (QED) is 0.785. The zero-order valence-corrected chi connectivity index (χ0v) is 12.4. The third-order valence-electron chi connectivity index (χ3n) is 3.09. The molecule has 0 unspecified atom stereocenters. The number of Topliss-reactive ketones (excluding diaryl/α,β-unsaturated/α-hetero) is 1. The summed E-state index contributed by atoms with van der Waals surface area (Å²) in [7, 11) is 3.00. The van der Waals surface area contributed by atoms with Crippen LogP contribution in [-0.2, 0) is 6.42 Å². The summed E-state index contributed by atoms with van der Waals surface area (Å²) in [6.45, 7) is 0. The molecule has 21 heavy (non-hydrogen) atoms. The average Bonchev–Trinajstić information content (AvgIpc) is 2.51. The van der Waals surface area contributed by atoms with Gasteiger partial charge in [0.1, 0.15) is 5.82 Å². The molecule has 0 radical (unpaired) electrons. The molecule has 0 bridgehead atoms. The highest BCUT2D eigenvalue weighted by Gasteiger charge is 2.14. The van der Waals surface area contributed by atoms with Gasteiger partial charge >= 0.3 is 0 Å². The lowest BCUT2D eigenvalue weighted by Gasteiger charge is -2.09. The van der Waals surface area contributed by atoms with E-state index in [2.05, 4.69) is 0 Å². The lowest BCUT2D eigenvalue weighted by atomic mass is 10.0. The monoisotopic (exact) mass is 308 g/mol. The van der Waals surface area contributed by atoms with Crippen molar-refractivity contribution in [3.63, 3.8) is 0 Å². The summed E-state index contributed by atoms with van der Waals surface area (Å²) in [5.74, 6) is 0.197. The van der Waals surface area contributed by atoms with Gasteiger partial charge in [-0.15, -0.1) is 0 Å². The number of carbonyl (C=O) groups excluding carboxylic acids is 1. The Morgan fingerprint density at radius 3 is 2.52 bits per heavy atom. The molecule has 0 saturated carbocycles. The van der Waals surface area contributed by atoms with Crippen molar-refractivity contribution in [3.05, 3.63) is 58.4 Å². The summed E-state index contributed by atoms with van der Waals surface area (Å²) >= 11 is 5.71. The van der Waals surface area contributed by atoms with Gasteiger partial charge in [0.2, 0.25) is 0 Å². The minimum absolute atomic E-state index is 0.00705. The maximum atomic E-state index is 13.8. The third kappa shape index (κ3) is 3.34. The van der Waals surface area contributed by atoms with Gasteiger partial charge in [0.15, 0.2) is 17.3 Å². The minimum atomic E-state index is -0.562. The van der Waals surface area contributed by atoms with Gasteiger partial charge in [-0.05, 0) is 29.8 Å². The second kappa shape index (κ2) is 6.59. The molecule has 0 aliphatic heterocycles. The zero-order valence-electron chi connectivity index (χ0n) is 11.7. The molecule has 5 heteroatoms. The molecule has 0 aromatic heterocycles. The number of hydrogen-bond acceptors (Lipinski definition) is 3. The van der Waals surface area contributed by atoms with E-state index in [-0.39, 0.29) is 22.8 Å². The first-order chi connectivity index (χ1) is 10.1. The largest absolute Gasteiger partial charge is 0.493 e. The lowest BCUT2D eigenvalue weighted by molar-refractivity contribution is 0.0991. The summed E-state index contributed by atoms with van der Waals surface area (Å²) in [6.07, 6.45) is -0.0676. The highest BCUT2D eigenvalue weighted by molar-refractivity contribution is 6.30. The van der Waals surface area contributed by atoms with Crippen LogP contribution in [-0.4, -0.2) is 20.0 Å². The fourth-order valence-corrected chi connectivity index (χ4v) is 2.16. The van der Waals surface area contributed by atoms with Crippen LogP contribution in [0.1, 0.15) is 15.9 Å². The minimum Gasteiger partial charge on any atom is -0.493 e. The molecule has 110 valence electrons. The number of hydrogen-bond donors (Lipinski definition) is 0. The Hall–Kier alpha value is -2.07. The second-order valence-corrected chi connectivity index (χ2v) is 4.79. The Kier molecular flexibility index (Phi) is 4.81. The molecule has 0 fully saturated rings. The van der Waals surface area contributed by atoms with E-state index in [4.69, 9.17) is 21.1 Å². The SMILES string of the molecule is COc1ccc(C(=O)Cc2cccc(Cl)c2F)cc1OC. The molecule has 0 saturated heterocycles. The number of rotatable bonds is 5. The fraction of sp³-hybridized carbons (Fsp3) is 0.188. The van der Waals surface area contributed by atoms with Crippen molar-refractivity contribution in [1.82, 2.24) is 0 Å². The van der Waals surface area contributed by atoms with Crippen molar-refractivity contribution in [2.75, 3.05) is 14.2 Å². The van der Waals surface area contributed by atoms with E-state index in [1.807, 2.05) is 0 Å². The van der Waals surface area contributed by atoms with Gasteiger partial charge in [-0.25, -0.2) is 4.39 Å². The molecule has 2 rings (SSSR count). The second-order valence-electron chi connectivity index (χ2n) is 4.38. The predicted molar refractivity (Wildman–Crippen MR) is 79.0 cm³/mol. The van der Waals surface area contributed by atoms with Crippen LogP contribution in [0.2, 0.25) is 5.02 Å². The lowest BCUT2D eigenvalue weighted by Crippen LogP contribution is -2.06. The number of halogens is 2. The molecule has 0 heterocycles. The van der Waals surface area contributed by atoms with E-state index < -0.39 is 5.82 Å². The molecule has 0 spiro atoms. The maximum absolute atomic E-state index is 13.8. The summed E-state index contributed by atoms with van der Waals surface area (Å²) in [4.78, 5) is 12.2. The molecule has 0 amide bonds. The van der Waals surface area contributed by atoms with Crippen molar-refractivity contribution in [2.45, 2.75) is 6.42 Å². The van der Waals surface area contributed by atoms with Gasteiger partial charge in [-0.3, -0.25) is 4.79 Å². The van der Waals surface area contributed by atoms with Crippen LogP contribution in [0.3, 0.4) is 0 Å². The first-order valence-electron chi connectivity index (χ1n) is 6.25. The number of carbonyl (C=O) groups is 1. The molecular formula is C16H14ClFO3. The van der Waals surface area contributed by atoms with E-state index in [1.165, 1.54) is 20.3 Å². The van der Waals surface area contributed by atoms with Gasteiger partial charge in [0.05, 0.1) is 19.2 Å². The van der Waals surface area contributed by atoms with E-state index >= 15 is 0 Å². The normalized spacial score (nSPS) is 10.3. The van der Waals surface area contributed by atoms with Crippen LogP contribution in [0.4, 0.5) is 4.39 Å². The first kappa shape index (κ1) is 15.3. The molecule has 2 aromatic rings. The highest BCUT2D eigenvalue weighted by atomic mass is 35.5. The number of benzene rings is 2. The Morgan fingerprint density at radius 1 is 1.14 bits per heavy atom. The van der Waals surface area contributed by atoms with E-state index in [0.29, 0.717) is 17.1 Å². The van der Waals surface area contributed by atoms with Gasteiger partial charge in [-0.2, -0.15) is 0 Å². The zero-order chi connectivity index (χ0) is 15.4. The van der Waals surface area contributed by atoms with Crippen molar-refractivity contribution >= 4 is 17.4 Å². The van der Waals surface area contributed by atoms with Crippen molar-refractivity contribution in [1.29, 1.82) is 0 Å². The van der Waals surface area contributed by atoms with Crippen LogP contribution in [0.25, 0.3) is 0 Å². The van der Waals surface area contributed by atoms with Gasteiger partial charge in [0.25, 0.3) is 0 Å². The van der Waals surface area contributed by atoms with Crippen molar-refractivity contribution in [3.8, 4) is 11.5 Å². The van der Waals surface area contributed by atoms with Crippen LogP contribution >= 0.6 is 11.6 Å². The Balaban J connectivity index is 2.26. The summed E-state index contributed by atoms with van der Waals surface area (Å²) in [5.41, 5.74) is 0.689. The summed E-state index contributed by atoms with van der Waals surface area (Å²) in [6, 6.07) is 9.43. The number of ketones is 1. The number of ether oxygens (including phenoxy) is 2. The summed E-state index contributed by atoms with van der Waals surface area (Å²) < 4.78 is 24.1. The van der Waals surface area contributed by atoms with Crippen LogP contribution in [0.15, 0.2) is 36.4 Å². The van der Waals surface area contributed by atoms with Crippen LogP contribution < -0.4 is 9.47 Å². The standard InChI is InChI=1S/C16H14ClFO3/c1-20-14-7-6-10(9-15(14)21-2)13(19)8-11-4-3-5-12(17)16(11)18/h3-7,9H,8H2,1-2H3. The fourth-order valence-electron chi connectivity index (χ4n) is 1.97. The first-order valence-corrected chi connectivity index (χ1v) is 6.62. The molecular weight excluding hydrogens is 295 g/mol. The topological polar surface area (TPSA) is 35.5 Å². The Labute approximate surface area is 127 Å². The van der Waals surface area contributed by atoms with E-state index in [9.17, 15) is 9.18 Å². The molecule has 2 aromatic carbocycles. The predicted octanol–water partition coefficient (Wildman–Crippen LogP) is 3.92. The smallest absolute Gasteiger partial charge is 0.167 e. The Morgan fingerprint density at radius 2 is 1.86 bits per heavy atom. The average molecular weight is 309 g/mol. The molecule has 0 aliphatic carbocycles. The molecule has 3 nitrogen and oxygen atoms in total. The van der Waals surface area contributed by atoms with Crippen molar-refractivity contribution in [2.24, 2.45) is 0 Å².